The number of aromatic carboxylic acids is 1. The average Bonchev–Trinajstić information content (AvgIpc) is 2.59. The van der Waals surface area contributed by atoms with E-state index in [1.54, 1.807) is 0 Å². The summed E-state index contributed by atoms with van der Waals surface area (Å²) in [6.45, 7) is 0. The van der Waals surface area contributed by atoms with Crippen LogP contribution in [0.15, 0.2) is 71.6 Å². The molecule has 24 heavy (non-hydrogen) atoms. The number of benzene rings is 3. The van der Waals surface area contributed by atoms with Crippen LogP contribution in [0.4, 0.5) is 0 Å². The van der Waals surface area contributed by atoms with Gasteiger partial charge in [-0.1, -0.05) is 48.5 Å². The van der Waals surface area contributed by atoms with Crippen LogP contribution in [0, 0.1) is 0 Å². The van der Waals surface area contributed by atoms with Crippen molar-refractivity contribution in [1.29, 1.82) is 0 Å². The number of hydrogen-bond acceptors (Lipinski definition) is 3. The van der Waals surface area contributed by atoms with Gasteiger partial charge in [-0.15, -0.1) is 12.6 Å². The van der Waals surface area contributed by atoms with Gasteiger partial charge in [-0.25, -0.2) is 9.78 Å². The van der Waals surface area contributed by atoms with Crippen molar-refractivity contribution in [2.45, 2.75) is 4.90 Å². The maximum Gasteiger partial charge on any atom is 0.337 e. The van der Waals surface area contributed by atoms with Crippen molar-refractivity contribution in [3.8, 4) is 11.1 Å². The number of aromatic nitrogens is 1. The smallest absolute Gasteiger partial charge is 0.337 e. The van der Waals surface area contributed by atoms with Gasteiger partial charge in [-0.3, -0.25) is 0 Å². The molecule has 0 radical (unpaired) electrons. The average molecular weight is 331 g/mol. The second-order valence-electron chi connectivity index (χ2n) is 5.56. The third kappa shape index (κ3) is 2.32. The Morgan fingerprint density at radius 3 is 2.38 bits per heavy atom. The molecule has 3 nitrogen and oxygen atoms in total. The molecule has 0 amide bonds. The summed E-state index contributed by atoms with van der Waals surface area (Å²) in [7, 11) is 0. The number of para-hydroxylation sites is 1. The molecule has 0 aliphatic rings. The summed E-state index contributed by atoms with van der Waals surface area (Å²) in [5, 5.41) is 11.4. The molecule has 0 aliphatic heterocycles. The fraction of sp³-hybridized carbons (Fsp3) is 0. The zero-order chi connectivity index (χ0) is 16.7. The standard InChI is InChI=1S/C20H13NO2S/c22-20(23)19-14-10-13-8-4-5-9-15(13)21-16(14)11-17(24)18(19)12-6-2-1-3-7-12/h1-11,24H,(H,22,23). The number of nitrogens with zero attached hydrogens (tertiary/aromatic N) is 1. The highest BCUT2D eigenvalue weighted by molar-refractivity contribution is 7.80. The molecule has 4 aromatic rings. The Bertz CT molecular complexity index is 1090. The molecule has 0 unspecified atom stereocenters. The van der Waals surface area contributed by atoms with Crippen molar-refractivity contribution in [1.82, 2.24) is 4.98 Å². The summed E-state index contributed by atoms with van der Waals surface area (Å²) in [5.41, 5.74) is 3.16. The lowest BCUT2D eigenvalue weighted by atomic mass is 9.95. The Labute approximate surface area is 144 Å². The van der Waals surface area contributed by atoms with Crippen molar-refractivity contribution >= 4 is 40.4 Å². The van der Waals surface area contributed by atoms with Crippen LogP contribution < -0.4 is 0 Å². The van der Waals surface area contributed by atoms with Gasteiger partial charge in [0.1, 0.15) is 0 Å². The molecule has 0 spiro atoms. The molecule has 3 aromatic carbocycles. The number of hydrogen-bond donors (Lipinski definition) is 2. The second kappa shape index (κ2) is 5.65. The topological polar surface area (TPSA) is 50.2 Å². The van der Waals surface area contributed by atoms with E-state index in [9.17, 15) is 9.90 Å². The SMILES string of the molecule is O=C(O)c1c(-c2ccccc2)c(S)cc2nc3ccccc3cc12. The van der Waals surface area contributed by atoms with E-state index in [1.807, 2.05) is 66.7 Å². The Morgan fingerprint density at radius 1 is 0.917 bits per heavy atom. The first-order chi connectivity index (χ1) is 11.6. The van der Waals surface area contributed by atoms with E-state index in [1.165, 1.54) is 0 Å². The lowest BCUT2D eigenvalue weighted by Crippen LogP contribution is -2.03. The number of carboxylic acid groups (broad SMARTS) is 1. The van der Waals surface area contributed by atoms with Gasteiger partial charge in [0.25, 0.3) is 0 Å². The highest BCUT2D eigenvalue weighted by atomic mass is 32.1. The minimum absolute atomic E-state index is 0.238. The van der Waals surface area contributed by atoms with Gasteiger partial charge in [-0.05, 0) is 23.8 Å². The zero-order valence-corrected chi connectivity index (χ0v) is 13.5. The number of carboxylic acids is 1. The molecule has 0 fully saturated rings. The molecule has 0 atom stereocenters. The fourth-order valence-electron chi connectivity index (χ4n) is 3.02. The minimum atomic E-state index is -0.980. The summed E-state index contributed by atoms with van der Waals surface area (Å²) >= 11 is 4.54. The van der Waals surface area contributed by atoms with E-state index in [2.05, 4.69) is 17.6 Å². The Morgan fingerprint density at radius 2 is 1.62 bits per heavy atom. The molecule has 0 bridgehead atoms. The van der Waals surface area contributed by atoms with Gasteiger partial charge in [0.2, 0.25) is 0 Å². The lowest BCUT2D eigenvalue weighted by molar-refractivity contribution is 0.0699. The van der Waals surface area contributed by atoms with Crippen molar-refractivity contribution in [2.24, 2.45) is 0 Å². The van der Waals surface area contributed by atoms with Crippen LogP contribution in [0.3, 0.4) is 0 Å². The monoisotopic (exact) mass is 331 g/mol. The van der Waals surface area contributed by atoms with Crippen molar-refractivity contribution < 1.29 is 9.90 Å². The van der Waals surface area contributed by atoms with Crippen LogP contribution in [-0.4, -0.2) is 16.1 Å². The highest BCUT2D eigenvalue weighted by Crippen LogP contribution is 2.36. The van der Waals surface area contributed by atoms with Gasteiger partial charge in [-0.2, -0.15) is 0 Å². The minimum Gasteiger partial charge on any atom is -0.478 e. The van der Waals surface area contributed by atoms with Crippen molar-refractivity contribution in [2.75, 3.05) is 0 Å². The first-order valence-corrected chi connectivity index (χ1v) is 7.94. The van der Waals surface area contributed by atoms with Crippen LogP contribution in [0.5, 0.6) is 0 Å². The zero-order valence-electron chi connectivity index (χ0n) is 12.6. The normalized spacial score (nSPS) is 11.0. The van der Waals surface area contributed by atoms with E-state index in [0.717, 1.165) is 16.5 Å². The van der Waals surface area contributed by atoms with Gasteiger partial charge in [0, 0.05) is 21.2 Å². The summed E-state index contributed by atoms with van der Waals surface area (Å²) in [4.78, 5) is 17.2. The maximum absolute atomic E-state index is 12.0. The molecule has 4 heteroatoms. The van der Waals surface area contributed by atoms with Gasteiger partial charge < -0.3 is 5.11 Å². The lowest BCUT2D eigenvalue weighted by Gasteiger charge is -2.13. The number of pyridine rings is 1. The third-order valence-electron chi connectivity index (χ3n) is 4.08. The van der Waals surface area contributed by atoms with Crippen LogP contribution in [-0.2, 0) is 0 Å². The molecular weight excluding hydrogens is 318 g/mol. The number of carbonyl (C=O) groups is 1. The van der Waals surface area contributed by atoms with Crippen LogP contribution >= 0.6 is 12.6 Å². The quantitative estimate of drug-likeness (QED) is 0.399. The van der Waals surface area contributed by atoms with E-state index in [0.29, 0.717) is 21.4 Å². The Kier molecular flexibility index (Phi) is 3.47. The summed E-state index contributed by atoms with van der Waals surface area (Å²) in [6, 6.07) is 20.9. The number of thiol groups is 1. The fourth-order valence-corrected chi connectivity index (χ4v) is 3.39. The van der Waals surface area contributed by atoms with Gasteiger partial charge in [0.05, 0.1) is 16.6 Å². The van der Waals surface area contributed by atoms with E-state index < -0.39 is 5.97 Å². The second-order valence-corrected chi connectivity index (χ2v) is 6.05. The molecule has 4 rings (SSSR count). The summed E-state index contributed by atoms with van der Waals surface area (Å²) in [5.74, 6) is -0.980. The summed E-state index contributed by atoms with van der Waals surface area (Å²) in [6.07, 6.45) is 0. The van der Waals surface area contributed by atoms with Gasteiger partial charge >= 0.3 is 5.97 Å². The molecular formula is C20H13NO2S. The van der Waals surface area contributed by atoms with E-state index in [4.69, 9.17) is 0 Å². The van der Waals surface area contributed by atoms with Crippen LogP contribution in [0.25, 0.3) is 32.9 Å². The van der Waals surface area contributed by atoms with Crippen molar-refractivity contribution in [3.63, 3.8) is 0 Å². The van der Waals surface area contributed by atoms with Crippen LogP contribution in [0.1, 0.15) is 10.4 Å². The molecule has 0 saturated heterocycles. The van der Waals surface area contributed by atoms with E-state index in [-0.39, 0.29) is 5.56 Å². The Balaban J connectivity index is 2.17. The number of rotatable bonds is 2. The predicted octanol–water partition coefficient (Wildman–Crippen LogP) is 5.04. The first kappa shape index (κ1) is 14.7. The molecule has 116 valence electrons. The molecule has 1 N–H and O–H groups in total. The van der Waals surface area contributed by atoms with Gasteiger partial charge in [0.15, 0.2) is 0 Å². The van der Waals surface area contributed by atoms with Crippen molar-refractivity contribution in [3.05, 3.63) is 72.3 Å². The first-order valence-electron chi connectivity index (χ1n) is 7.49. The summed E-state index contributed by atoms with van der Waals surface area (Å²) < 4.78 is 0. The molecule has 1 heterocycles. The maximum atomic E-state index is 12.0. The predicted molar refractivity (Wildman–Crippen MR) is 98.9 cm³/mol. The van der Waals surface area contributed by atoms with E-state index >= 15 is 0 Å². The molecule has 0 saturated carbocycles. The largest absolute Gasteiger partial charge is 0.478 e. The Hall–Kier alpha value is -2.85. The molecule has 1 aromatic heterocycles. The van der Waals surface area contributed by atoms with Crippen LogP contribution in [0.2, 0.25) is 0 Å². The third-order valence-corrected chi connectivity index (χ3v) is 4.43. The molecule has 0 aliphatic carbocycles. The number of fused-ring (bicyclic) bond motifs is 2. The highest BCUT2D eigenvalue weighted by Gasteiger charge is 2.20.